The maximum absolute atomic E-state index is 11.3. The van der Waals surface area contributed by atoms with Crippen molar-refractivity contribution in [3.63, 3.8) is 0 Å². The van der Waals surface area contributed by atoms with Crippen molar-refractivity contribution in [1.29, 1.82) is 0 Å². The van der Waals surface area contributed by atoms with Crippen molar-refractivity contribution in [1.82, 2.24) is 0 Å². The molecule has 0 saturated carbocycles. The highest BCUT2D eigenvalue weighted by atomic mass is 35.5. The minimum absolute atomic E-state index is 0.353. The van der Waals surface area contributed by atoms with Gasteiger partial charge in [0.25, 0.3) is 0 Å². The second kappa shape index (κ2) is 4.58. The van der Waals surface area contributed by atoms with Crippen LogP contribution in [0.3, 0.4) is 0 Å². The van der Waals surface area contributed by atoms with Gasteiger partial charge < -0.3 is 9.47 Å². The molecule has 0 radical (unpaired) electrons. The van der Waals surface area contributed by atoms with Gasteiger partial charge in [0, 0.05) is 22.2 Å². The standard InChI is InChI=1S/C12H11ClO3/c1-2-15-12(14)5-8-7-16-11-4-3-9(13)6-10(8)11/h3-6H,2,7H2,1H3. The van der Waals surface area contributed by atoms with E-state index in [1.807, 2.05) is 0 Å². The maximum atomic E-state index is 11.3. The fourth-order valence-corrected chi connectivity index (χ4v) is 1.73. The second-order valence-corrected chi connectivity index (χ2v) is 3.79. The molecule has 0 unspecified atom stereocenters. The highest BCUT2D eigenvalue weighted by molar-refractivity contribution is 6.30. The largest absolute Gasteiger partial charge is 0.488 e. The fraction of sp³-hybridized carbons (Fsp3) is 0.250. The van der Waals surface area contributed by atoms with E-state index >= 15 is 0 Å². The van der Waals surface area contributed by atoms with Crippen LogP contribution in [0.15, 0.2) is 24.3 Å². The number of ether oxygens (including phenoxy) is 2. The van der Waals surface area contributed by atoms with E-state index in [0.717, 1.165) is 16.9 Å². The molecule has 1 aromatic rings. The number of carbonyl (C=O) groups excluding carboxylic acids is 1. The van der Waals surface area contributed by atoms with Crippen LogP contribution in [0.25, 0.3) is 5.57 Å². The smallest absolute Gasteiger partial charge is 0.331 e. The van der Waals surface area contributed by atoms with Gasteiger partial charge in [-0.15, -0.1) is 0 Å². The second-order valence-electron chi connectivity index (χ2n) is 3.35. The van der Waals surface area contributed by atoms with E-state index < -0.39 is 0 Å². The lowest BCUT2D eigenvalue weighted by Crippen LogP contribution is -2.01. The monoisotopic (exact) mass is 238 g/mol. The van der Waals surface area contributed by atoms with Crippen molar-refractivity contribution in [2.45, 2.75) is 6.92 Å². The van der Waals surface area contributed by atoms with Crippen molar-refractivity contribution < 1.29 is 14.3 Å². The van der Waals surface area contributed by atoms with E-state index in [-0.39, 0.29) is 5.97 Å². The molecule has 0 aliphatic carbocycles. The maximum Gasteiger partial charge on any atom is 0.331 e. The number of benzene rings is 1. The van der Waals surface area contributed by atoms with Crippen LogP contribution in [0.4, 0.5) is 0 Å². The molecule has 0 aromatic heterocycles. The van der Waals surface area contributed by atoms with Gasteiger partial charge in [0.1, 0.15) is 12.4 Å². The van der Waals surface area contributed by atoms with Gasteiger partial charge in [-0.1, -0.05) is 11.6 Å². The van der Waals surface area contributed by atoms with Crippen LogP contribution in [0.2, 0.25) is 5.02 Å². The van der Waals surface area contributed by atoms with Gasteiger partial charge in [0.2, 0.25) is 0 Å². The molecule has 1 aromatic carbocycles. The predicted molar refractivity (Wildman–Crippen MR) is 61.6 cm³/mol. The Morgan fingerprint density at radius 1 is 1.62 bits per heavy atom. The molecule has 3 nitrogen and oxygen atoms in total. The first-order valence-electron chi connectivity index (χ1n) is 5.00. The lowest BCUT2D eigenvalue weighted by atomic mass is 10.1. The van der Waals surface area contributed by atoms with Gasteiger partial charge in [-0.05, 0) is 25.1 Å². The Morgan fingerprint density at radius 2 is 2.44 bits per heavy atom. The van der Waals surface area contributed by atoms with Gasteiger partial charge in [-0.25, -0.2) is 4.79 Å². The van der Waals surface area contributed by atoms with E-state index in [1.165, 1.54) is 6.08 Å². The molecule has 1 heterocycles. The number of rotatable bonds is 2. The summed E-state index contributed by atoms with van der Waals surface area (Å²) in [5.41, 5.74) is 1.66. The Labute approximate surface area is 98.6 Å². The Hall–Kier alpha value is -1.48. The van der Waals surface area contributed by atoms with E-state index in [4.69, 9.17) is 21.1 Å². The Balaban J connectivity index is 2.29. The third-order valence-electron chi connectivity index (χ3n) is 2.25. The quantitative estimate of drug-likeness (QED) is 0.587. The van der Waals surface area contributed by atoms with Crippen LogP contribution in [0.5, 0.6) is 5.75 Å². The average molecular weight is 239 g/mol. The number of halogens is 1. The number of hydrogen-bond acceptors (Lipinski definition) is 3. The first kappa shape index (κ1) is 11.0. The Morgan fingerprint density at radius 3 is 3.19 bits per heavy atom. The number of carbonyl (C=O) groups is 1. The molecule has 0 amide bonds. The number of esters is 1. The normalized spacial score (nSPS) is 15.8. The lowest BCUT2D eigenvalue weighted by molar-refractivity contribution is -0.137. The van der Waals surface area contributed by atoms with Crippen molar-refractivity contribution >= 4 is 23.1 Å². The molecule has 0 N–H and O–H groups in total. The molecule has 4 heteroatoms. The van der Waals surface area contributed by atoms with E-state index in [2.05, 4.69) is 0 Å². The summed E-state index contributed by atoms with van der Waals surface area (Å²) >= 11 is 5.89. The minimum atomic E-state index is -0.353. The number of fused-ring (bicyclic) bond motifs is 1. The number of hydrogen-bond donors (Lipinski definition) is 0. The zero-order valence-corrected chi connectivity index (χ0v) is 9.58. The highest BCUT2D eigenvalue weighted by Gasteiger charge is 2.19. The summed E-state index contributed by atoms with van der Waals surface area (Å²) in [4.78, 5) is 11.3. The zero-order valence-electron chi connectivity index (χ0n) is 8.83. The highest BCUT2D eigenvalue weighted by Crippen LogP contribution is 2.34. The summed E-state index contributed by atoms with van der Waals surface area (Å²) in [7, 11) is 0. The zero-order chi connectivity index (χ0) is 11.5. The van der Waals surface area contributed by atoms with Crippen molar-refractivity contribution in [2.75, 3.05) is 13.2 Å². The first-order chi connectivity index (χ1) is 7.70. The Bertz CT molecular complexity index is 452. The van der Waals surface area contributed by atoms with Gasteiger partial charge in [0.15, 0.2) is 0 Å². The summed E-state index contributed by atoms with van der Waals surface area (Å²) in [6, 6.07) is 5.34. The molecule has 0 saturated heterocycles. The topological polar surface area (TPSA) is 35.5 Å². The molecule has 16 heavy (non-hydrogen) atoms. The lowest BCUT2D eigenvalue weighted by Gasteiger charge is -1.99. The predicted octanol–water partition coefficient (Wildman–Crippen LogP) is 2.68. The average Bonchev–Trinajstić information content (AvgIpc) is 2.61. The van der Waals surface area contributed by atoms with Crippen LogP contribution in [-0.2, 0) is 9.53 Å². The third-order valence-corrected chi connectivity index (χ3v) is 2.48. The molecule has 1 aliphatic rings. The van der Waals surface area contributed by atoms with Gasteiger partial charge in [0.05, 0.1) is 6.61 Å². The molecular formula is C12H11ClO3. The summed E-state index contributed by atoms with van der Waals surface area (Å²) in [6.07, 6.45) is 1.45. The van der Waals surface area contributed by atoms with Crippen molar-refractivity contribution in [2.24, 2.45) is 0 Å². The molecule has 2 rings (SSSR count). The van der Waals surface area contributed by atoms with Gasteiger partial charge >= 0.3 is 5.97 Å². The van der Waals surface area contributed by atoms with Gasteiger partial charge in [-0.3, -0.25) is 0 Å². The summed E-state index contributed by atoms with van der Waals surface area (Å²) < 4.78 is 10.3. The van der Waals surface area contributed by atoms with Crippen LogP contribution in [-0.4, -0.2) is 19.2 Å². The third kappa shape index (κ3) is 2.19. The van der Waals surface area contributed by atoms with Gasteiger partial charge in [-0.2, -0.15) is 0 Å². The SMILES string of the molecule is CCOC(=O)C=C1COc2ccc(Cl)cc21. The molecule has 0 bridgehead atoms. The molecule has 1 aliphatic heterocycles. The van der Waals surface area contributed by atoms with Crippen molar-refractivity contribution in [3.8, 4) is 5.75 Å². The summed E-state index contributed by atoms with van der Waals surface area (Å²) in [6.45, 7) is 2.52. The molecule has 0 spiro atoms. The first-order valence-corrected chi connectivity index (χ1v) is 5.38. The van der Waals surface area contributed by atoms with Crippen LogP contribution in [0, 0.1) is 0 Å². The van der Waals surface area contributed by atoms with Crippen LogP contribution in [0.1, 0.15) is 12.5 Å². The van der Waals surface area contributed by atoms with Crippen molar-refractivity contribution in [3.05, 3.63) is 34.9 Å². The Kier molecular flexibility index (Phi) is 3.15. The fourth-order valence-electron chi connectivity index (χ4n) is 1.56. The van der Waals surface area contributed by atoms with E-state index in [1.54, 1.807) is 25.1 Å². The van der Waals surface area contributed by atoms with Crippen LogP contribution < -0.4 is 4.74 Å². The summed E-state index contributed by atoms with van der Waals surface area (Å²) in [5, 5.41) is 0.624. The molecule has 0 atom stereocenters. The molecule has 84 valence electrons. The molecular weight excluding hydrogens is 228 g/mol. The van der Waals surface area contributed by atoms with E-state index in [0.29, 0.717) is 18.2 Å². The van der Waals surface area contributed by atoms with E-state index in [9.17, 15) is 4.79 Å². The van der Waals surface area contributed by atoms with Crippen LogP contribution >= 0.6 is 11.6 Å². The summed E-state index contributed by atoms with van der Waals surface area (Å²) in [5.74, 6) is 0.397. The minimum Gasteiger partial charge on any atom is -0.488 e. The molecule has 0 fully saturated rings.